The molecule has 0 aromatic carbocycles. The van der Waals surface area contributed by atoms with Crippen molar-refractivity contribution < 1.29 is 9.90 Å². The molecule has 1 fully saturated rings. The van der Waals surface area contributed by atoms with Crippen molar-refractivity contribution in [2.45, 2.75) is 72.9 Å². The minimum Gasteiger partial charge on any atom is -0.481 e. The normalized spacial score (nSPS) is 29.8. The summed E-state index contributed by atoms with van der Waals surface area (Å²) in [7, 11) is 2.11. The Labute approximate surface area is 124 Å². The lowest BCUT2D eigenvalue weighted by atomic mass is 9.67. The van der Waals surface area contributed by atoms with Gasteiger partial charge in [0.05, 0.1) is 5.92 Å². The summed E-state index contributed by atoms with van der Waals surface area (Å²) in [6.07, 6.45) is 2.87. The smallest absolute Gasteiger partial charge is 0.308 e. The molecule has 1 saturated carbocycles. The number of hydrogen-bond donors (Lipinski definition) is 1. The van der Waals surface area contributed by atoms with Gasteiger partial charge in [0, 0.05) is 12.1 Å². The van der Waals surface area contributed by atoms with Crippen LogP contribution in [-0.4, -0.2) is 35.1 Å². The average Bonchev–Trinajstić information content (AvgIpc) is 2.34. The fraction of sp³-hybridized carbons (Fsp3) is 0.941. The Hall–Kier alpha value is -0.570. The van der Waals surface area contributed by atoms with Gasteiger partial charge in [0.25, 0.3) is 0 Å². The van der Waals surface area contributed by atoms with E-state index in [4.69, 9.17) is 0 Å². The number of nitrogens with zero attached hydrogens (tertiary/aromatic N) is 1. The van der Waals surface area contributed by atoms with E-state index in [0.29, 0.717) is 17.9 Å². The van der Waals surface area contributed by atoms with Crippen molar-refractivity contribution >= 4 is 5.97 Å². The lowest BCUT2D eigenvalue weighted by molar-refractivity contribution is -0.147. The molecule has 1 N–H and O–H groups in total. The van der Waals surface area contributed by atoms with E-state index in [1.54, 1.807) is 0 Å². The van der Waals surface area contributed by atoms with Gasteiger partial charge in [-0.25, -0.2) is 0 Å². The first kappa shape index (κ1) is 17.5. The first-order chi connectivity index (χ1) is 9.05. The van der Waals surface area contributed by atoms with Crippen LogP contribution in [0.1, 0.15) is 60.8 Å². The molecule has 0 aliphatic heterocycles. The van der Waals surface area contributed by atoms with Gasteiger partial charge in [0.2, 0.25) is 0 Å². The minimum absolute atomic E-state index is 0.169. The molecule has 0 bridgehead atoms. The van der Waals surface area contributed by atoms with Crippen molar-refractivity contribution in [3.63, 3.8) is 0 Å². The van der Waals surface area contributed by atoms with Gasteiger partial charge in [-0.3, -0.25) is 9.69 Å². The summed E-state index contributed by atoms with van der Waals surface area (Å²) in [5.74, 6) is 0.333. The van der Waals surface area contributed by atoms with Crippen molar-refractivity contribution in [1.82, 2.24) is 4.90 Å². The number of aliphatic carboxylic acids is 1. The van der Waals surface area contributed by atoms with E-state index in [0.717, 1.165) is 19.3 Å². The Kier molecular flexibility index (Phi) is 5.65. The Morgan fingerprint density at radius 2 is 1.75 bits per heavy atom. The third kappa shape index (κ3) is 3.97. The van der Waals surface area contributed by atoms with Crippen LogP contribution in [0.4, 0.5) is 0 Å². The van der Waals surface area contributed by atoms with Gasteiger partial charge in [-0.2, -0.15) is 0 Å². The molecule has 3 nitrogen and oxygen atoms in total. The van der Waals surface area contributed by atoms with Crippen LogP contribution in [0.15, 0.2) is 0 Å². The monoisotopic (exact) mass is 283 g/mol. The zero-order chi connectivity index (χ0) is 15.7. The van der Waals surface area contributed by atoms with E-state index in [2.05, 4.69) is 53.5 Å². The lowest BCUT2D eigenvalue weighted by Crippen LogP contribution is -2.51. The second-order valence-corrected chi connectivity index (χ2v) is 8.04. The Morgan fingerprint density at radius 3 is 2.15 bits per heavy atom. The fourth-order valence-corrected chi connectivity index (χ4v) is 3.44. The molecule has 4 unspecified atom stereocenters. The minimum atomic E-state index is -0.620. The number of rotatable bonds is 4. The van der Waals surface area contributed by atoms with E-state index in [-0.39, 0.29) is 17.4 Å². The third-order valence-electron chi connectivity index (χ3n) is 5.49. The molecule has 1 rings (SSSR count). The molecule has 0 aromatic rings. The maximum Gasteiger partial charge on any atom is 0.308 e. The summed E-state index contributed by atoms with van der Waals surface area (Å²) < 4.78 is 0. The number of carbonyl (C=O) groups is 1. The van der Waals surface area contributed by atoms with E-state index in [1.165, 1.54) is 0 Å². The molecule has 0 aromatic heterocycles. The van der Waals surface area contributed by atoms with Crippen molar-refractivity contribution in [2.75, 3.05) is 7.05 Å². The first-order valence-electron chi connectivity index (χ1n) is 8.00. The molecule has 0 saturated heterocycles. The van der Waals surface area contributed by atoms with Crippen LogP contribution in [0.5, 0.6) is 0 Å². The molecule has 0 amide bonds. The van der Waals surface area contributed by atoms with Crippen LogP contribution in [0.25, 0.3) is 0 Å². The topological polar surface area (TPSA) is 40.5 Å². The molecule has 1 aliphatic rings. The lowest BCUT2D eigenvalue weighted by Gasteiger charge is -2.46. The summed E-state index contributed by atoms with van der Waals surface area (Å²) in [5, 5.41) is 9.54. The van der Waals surface area contributed by atoms with Crippen molar-refractivity contribution in [3.05, 3.63) is 0 Å². The quantitative estimate of drug-likeness (QED) is 0.851. The highest BCUT2D eigenvalue weighted by Crippen LogP contribution is 2.42. The molecule has 118 valence electrons. The molecular weight excluding hydrogens is 250 g/mol. The summed E-state index contributed by atoms with van der Waals surface area (Å²) in [5.41, 5.74) is 0.267. The first-order valence-corrected chi connectivity index (χ1v) is 8.00. The van der Waals surface area contributed by atoms with Gasteiger partial charge in [0.1, 0.15) is 0 Å². The standard InChI is InChI=1S/C17H33NO2/c1-11(2)12(3)18(7)15-10-13(17(4,5)6)8-9-14(15)16(19)20/h11-15H,8-10H2,1-7H3,(H,19,20). The fourth-order valence-electron chi connectivity index (χ4n) is 3.44. The molecule has 4 atom stereocenters. The second kappa shape index (κ2) is 6.46. The van der Waals surface area contributed by atoms with Gasteiger partial charge < -0.3 is 5.11 Å². The van der Waals surface area contributed by atoms with Crippen LogP contribution in [-0.2, 0) is 4.79 Å². The van der Waals surface area contributed by atoms with Gasteiger partial charge in [0.15, 0.2) is 0 Å². The maximum absolute atomic E-state index is 11.6. The van der Waals surface area contributed by atoms with Crippen LogP contribution >= 0.6 is 0 Å². The molecule has 0 radical (unpaired) electrons. The largest absolute Gasteiger partial charge is 0.481 e. The van der Waals surface area contributed by atoms with Crippen LogP contribution in [0.2, 0.25) is 0 Å². The van der Waals surface area contributed by atoms with Gasteiger partial charge in [-0.15, -0.1) is 0 Å². The van der Waals surface area contributed by atoms with Crippen LogP contribution < -0.4 is 0 Å². The molecule has 0 spiro atoms. The van der Waals surface area contributed by atoms with Gasteiger partial charge in [-0.05, 0) is 50.5 Å². The SMILES string of the molecule is CC(C)C(C)N(C)C1CC(C(C)(C)C)CCC1C(=O)O. The van der Waals surface area contributed by atoms with E-state index >= 15 is 0 Å². The number of hydrogen-bond acceptors (Lipinski definition) is 2. The molecule has 1 aliphatic carbocycles. The highest BCUT2D eigenvalue weighted by atomic mass is 16.4. The number of carboxylic acid groups (broad SMARTS) is 1. The van der Waals surface area contributed by atoms with E-state index in [9.17, 15) is 9.90 Å². The Morgan fingerprint density at radius 1 is 1.20 bits per heavy atom. The molecule has 20 heavy (non-hydrogen) atoms. The third-order valence-corrected chi connectivity index (χ3v) is 5.49. The van der Waals surface area contributed by atoms with Gasteiger partial charge >= 0.3 is 5.97 Å². The summed E-state index contributed by atoms with van der Waals surface area (Å²) >= 11 is 0. The summed E-state index contributed by atoms with van der Waals surface area (Å²) in [6.45, 7) is 13.5. The predicted octanol–water partition coefficient (Wildman–Crippen LogP) is 3.88. The van der Waals surface area contributed by atoms with E-state index in [1.807, 2.05) is 0 Å². The van der Waals surface area contributed by atoms with Crippen LogP contribution in [0, 0.1) is 23.2 Å². The summed E-state index contributed by atoms with van der Waals surface area (Å²) in [6, 6.07) is 0.587. The zero-order valence-electron chi connectivity index (χ0n) is 14.3. The Bertz CT molecular complexity index is 332. The highest BCUT2D eigenvalue weighted by Gasteiger charge is 2.41. The molecular formula is C17H33NO2. The highest BCUT2D eigenvalue weighted by molar-refractivity contribution is 5.71. The van der Waals surface area contributed by atoms with Crippen LogP contribution in [0.3, 0.4) is 0 Å². The zero-order valence-corrected chi connectivity index (χ0v) is 14.3. The second-order valence-electron chi connectivity index (χ2n) is 8.04. The number of carboxylic acids is 1. The predicted molar refractivity (Wildman–Crippen MR) is 83.8 cm³/mol. The molecule has 0 heterocycles. The van der Waals surface area contributed by atoms with Crippen molar-refractivity contribution in [1.29, 1.82) is 0 Å². The summed E-state index contributed by atoms with van der Waals surface area (Å²) in [4.78, 5) is 13.9. The molecule has 3 heteroatoms. The van der Waals surface area contributed by atoms with Gasteiger partial charge in [-0.1, -0.05) is 34.6 Å². The van der Waals surface area contributed by atoms with E-state index < -0.39 is 5.97 Å². The van der Waals surface area contributed by atoms with Crippen molar-refractivity contribution in [2.24, 2.45) is 23.2 Å². The van der Waals surface area contributed by atoms with Crippen molar-refractivity contribution in [3.8, 4) is 0 Å². The average molecular weight is 283 g/mol. The Balaban J connectivity index is 2.92. The maximum atomic E-state index is 11.6.